The van der Waals surface area contributed by atoms with E-state index in [0.717, 1.165) is 23.9 Å². The van der Waals surface area contributed by atoms with Crippen LogP contribution in [0.15, 0.2) is 18.2 Å². The maximum absolute atomic E-state index is 13.3. The minimum absolute atomic E-state index is 0.0302. The van der Waals surface area contributed by atoms with Gasteiger partial charge in [-0.15, -0.1) is 5.10 Å². The van der Waals surface area contributed by atoms with E-state index in [1.807, 2.05) is 17.0 Å². The lowest BCUT2D eigenvalue weighted by atomic mass is 9.95. The molecule has 1 unspecified atom stereocenters. The topological polar surface area (TPSA) is 88.9 Å². The zero-order chi connectivity index (χ0) is 18.4. The highest BCUT2D eigenvalue weighted by Gasteiger charge is 2.30. The fraction of sp³-hybridized carbons (Fsp3) is 0.474. The van der Waals surface area contributed by atoms with Gasteiger partial charge in [-0.1, -0.05) is 12.1 Å². The molecular formula is C19H22N6O2. The molecule has 1 aliphatic carbocycles. The van der Waals surface area contributed by atoms with Gasteiger partial charge in [-0.05, 0) is 47.7 Å². The first kappa shape index (κ1) is 16.4. The molecule has 0 radical (unpaired) electrons. The van der Waals surface area contributed by atoms with E-state index in [1.165, 1.54) is 29.5 Å². The summed E-state index contributed by atoms with van der Waals surface area (Å²) in [5, 5.41) is 12.8. The van der Waals surface area contributed by atoms with Gasteiger partial charge in [0.2, 0.25) is 0 Å². The number of aromatic amines is 1. The molecule has 0 bridgehead atoms. The smallest absolute Gasteiger partial charge is 0.256 e. The predicted molar refractivity (Wildman–Crippen MR) is 98.3 cm³/mol. The number of hydrogen-bond donors (Lipinski definition) is 1. The van der Waals surface area contributed by atoms with Gasteiger partial charge in [0, 0.05) is 24.7 Å². The monoisotopic (exact) mass is 366 g/mol. The van der Waals surface area contributed by atoms with Crippen molar-refractivity contribution in [1.82, 2.24) is 30.1 Å². The van der Waals surface area contributed by atoms with Crippen LogP contribution in [0.25, 0.3) is 10.9 Å². The number of tetrazole rings is 1. The van der Waals surface area contributed by atoms with Crippen molar-refractivity contribution >= 4 is 16.8 Å². The Bertz CT molecular complexity index is 1010. The van der Waals surface area contributed by atoms with Gasteiger partial charge in [0.1, 0.15) is 6.10 Å². The van der Waals surface area contributed by atoms with Crippen LogP contribution in [-0.2, 0) is 24.6 Å². The Morgan fingerprint density at radius 1 is 1.30 bits per heavy atom. The number of amides is 1. The van der Waals surface area contributed by atoms with Crippen molar-refractivity contribution in [1.29, 1.82) is 0 Å². The van der Waals surface area contributed by atoms with Crippen molar-refractivity contribution in [2.24, 2.45) is 7.05 Å². The van der Waals surface area contributed by atoms with Gasteiger partial charge in [-0.25, -0.2) is 4.68 Å². The highest BCUT2D eigenvalue weighted by atomic mass is 16.5. The minimum Gasteiger partial charge on any atom is -0.366 e. The molecule has 8 heteroatoms. The number of rotatable bonds is 2. The molecule has 1 fully saturated rings. The molecule has 1 N–H and O–H groups in total. The highest BCUT2D eigenvalue weighted by Crippen LogP contribution is 2.31. The largest absolute Gasteiger partial charge is 0.366 e. The van der Waals surface area contributed by atoms with E-state index in [4.69, 9.17) is 4.74 Å². The first-order valence-corrected chi connectivity index (χ1v) is 9.48. The summed E-state index contributed by atoms with van der Waals surface area (Å²) >= 11 is 0. The average molecular weight is 366 g/mol. The van der Waals surface area contributed by atoms with E-state index in [2.05, 4.69) is 26.6 Å². The van der Waals surface area contributed by atoms with Gasteiger partial charge in [0.25, 0.3) is 5.91 Å². The SMILES string of the molecule is Cn1nnnc1C1CN(C(=O)c2cccc3c4c([nH]c23)CCCC4)CCO1. The van der Waals surface area contributed by atoms with Crippen molar-refractivity contribution in [2.45, 2.75) is 31.8 Å². The van der Waals surface area contributed by atoms with E-state index in [9.17, 15) is 4.79 Å². The lowest BCUT2D eigenvalue weighted by Gasteiger charge is -2.32. The minimum atomic E-state index is -0.307. The van der Waals surface area contributed by atoms with Crippen molar-refractivity contribution in [3.63, 3.8) is 0 Å². The molecule has 3 heterocycles. The highest BCUT2D eigenvalue weighted by molar-refractivity contribution is 6.06. The second kappa shape index (κ2) is 6.45. The Labute approximate surface area is 156 Å². The second-order valence-electron chi connectivity index (χ2n) is 7.29. The van der Waals surface area contributed by atoms with Gasteiger partial charge in [-0.2, -0.15) is 0 Å². The molecule has 3 aromatic rings. The maximum Gasteiger partial charge on any atom is 0.256 e. The van der Waals surface area contributed by atoms with Gasteiger partial charge in [0.05, 0.1) is 24.2 Å². The van der Waals surface area contributed by atoms with Crippen LogP contribution in [0.5, 0.6) is 0 Å². The number of morpholine rings is 1. The molecule has 140 valence electrons. The van der Waals surface area contributed by atoms with Crippen LogP contribution in [-0.4, -0.2) is 55.7 Å². The number of carbonyl (C=O) groups is 1. The molecule has 2 aromatic heterocycles. The summed E-state index contributed by atoms with van der Waals surface area (Å²) < 4.78 is 7.40. The molecule has 0 spiro atoms. The van der Waals surface area contributed by atoms with Gasteiger partial charge >= 0.3 is 0 Å². The van der Waals surface area contributed by atoms with E-state index < -0.39 is 0 Å². The van der Waals surface area contributed by atoms with E-state index in [-0.39, 0.29) is 12.0 Å². The Hall–Kier alpha value is -2.74. The van der Waals surface area contributed by atoms with Crippen LogP contribution in [0, 0.1) is 0 Å². The predicted octanol–water partition coefficient (Wildman–Crippen LogP) is 1.78. The van der Waals surface area contributed by atoms with E-state index in [0.29, 0.717) is 25.5 Å². The van der Waals surface area contributed by atoms with Crippen LogP contribution in [0.4, 0.5) is 0 Å². The Balaban J connectivity index is 1.47. The zero-order valence-corrected chi connectivity index (χ0v) is 15.3. The summed E-state index contributed by atoms with van der Waals surface area (Å²) in [6.45, 7) is 1.49. The van der Waals surface area contributed by atoms with Crippen molar-refractivity contribution in [3.8, 4) is 0 Å². The molecular weight excluding hydrogens is 344 g/mol. The summed E-state index contributed by atoms with van der Waals surface area (Å²) in [6.07, 6.45) is 4.27. The number of para-hydroxylation sites is 1. The molecule has 1 aliphatic heterocycles. The number of hydrogen-bond acceptors (Lipinski definition) is 5. The normalized spacial score (nSPS) is 20.0. The number of aromatic nitrogens is 5. The zero-order valence-electron chi connectivity index (χ0n) is 15.3. The third-order valence-corrected chi connectivity index (χ3v) is 5.66. The molecule has 27 heavy (non-hydrogen) atoms. The third kappa shape index (κ3) is 2.71. The van der Waals surface area contributed by atoms with Gasteiger partial charge < -0.3 is 14.6 Å². The fourth-order valence-electron chi connectivity index (χ4n) is 4.28. The standard InChI is InChI=1S/C19H22N6O2/c1-24-18(21-22-23-24)16-11-25(9-10-27-16)19(26)14-7-4-6-13-12-5-2-3-8-15(12)20-17(13)14/h4,6-7,16,20H,2-3,5,8-11H2,1H3. The quantitative estimate of drug-likeness (QED) is 0.747. The summed E-state index contributed by atoms with van der Waals surface area (Å²) in [7, 11) is 1.78. The first-order chi connectivity index (χ1) is 13.2. The van der Waals surface area contributed by atoms with Crippen LogP contribution in [0.1, 0.15) is 46.4 Å². The number of nitrogens with zero attached hydrogens (tertiary/aromatic N) is 5. The molecule has 1 saturated heterocycles. The molecule has 1 atom stereocenters. The number of aryl methyl sites for hydroxylation is 3. The molecule has 1 aromatic carbocycles. The Morgan fingerprint density at radius 2 is 2.19 bits per heavy atom. The van der Waals surface area contributed by atoms with Crippen molar-refractivity contribution in [2.75, 3.05) is 19.7 Å². The number of ether oxygens (including phenoxy) is 1. The number of benzene rings is 1. The van der Waals surface area contributed by atoms with Gasteiger partial charge in [0.15, 0.2) is 5.82 Å². The summed E-state index contributed by atoms with van der Waals surface area (Å²) in [6, 6.07) is 6.03. The summed E-state index contributed by atoms with van der Waals surface area (Å²) in [5.41, 5.74) is 4.38. The van der Waals surface area contributed by atoms with E-state index >= 15 is 0 Å². The van der Waals surface area contributed by atoms with Crippen LogP contribution >= 0.6 is 0 Å². The number of nitrogens with one attached hydrogen (secondary N) is 1. The maximum atomic E-state index is 13.3. The molecule has 0 saturated carbocycles. The number of fused-ring (bicyclic) bond motifs is 3. The second-order valence-corrected chi connectivity index (χ2v) is 7.29. The molecule has 1 amide bonds. The lowest BCUT2D eigenvalue weighted by molar-refractivity contribution is -0.0283. The first-order valence-electron chi connectivity index (χ1n) is 9.48. The van der Waals surface area contributed by atoms with Crippen molar-refractivity contribution < 1.29 is 9.53 Å². The molecule has 5 rings (SSSR count). The van der Waals surface area contributed by atoms with Crippen molar-refractivity contribution in [3.05, 3.63) is 40.8 Å². The van der Waals surface area contributed by atoms with Crippen LogP contribution in [0.3, 0.4) is 0 Å². The van der Waals surface area contributed by atoms with Gasteiger partial charge in [-0.3, -0.25) is 4.79 Å². The van der Waals surface area contributed by atoms with Crippen LogP contribution < -0.4 is 0 Å². The summed E-state index contributed by atoms with van der Waals surface area (Å²) in [4.78, 5) is 18.7. The average Bonchev–Trinajstić information content (AvgIpc) is 3.30. The van der Waals surface area contributed by atoms with E-state index in [1.54, 1.807) is 11.7 Å². The fourth-order valence-corrected chi connectivity index (χ4v) is 4.28. The Kier molecular flexibility index (Phi) is 3.93. The summed E-state index contributed by atoms with van der Waals surface area (Å²) in [5.74, 6) is 0.670. The number of H-pyrrole nitrogens is 1. The Morgan fingerprint density at radius 3 is 3.04 bits per heavy atom. The number of carbonyl (C=O) groups excluding carboxylic acids is 1. The molecule has 8 nitrogen and oxygen atoms in total. The molecule has 2 aliphatic rings. The lowest BCUT2D eigenvalue weighted by Crippen LogP contribution is -2.43. The van der Waals surface area contributed by atoms with Crippen LogP contribution in [0.2, 0.25) is 0 Å². The third-order valence-electron chi connectivity index (χ3n) is 5.66.